The van der Waals surface area contributed by atoms with Crippen LogP contribution in [0.4, 0.5) is 5.69 Å². The Bertz CT molecular complexity index is 483. The predicted octanol–water partition coefficient (Wildman–Crippen LogP) is 0.626. The van der Waals surface area contributed by atoms with Crippen LogP contribution < -0.4 is 10.5 Å². The van der Waals surface area contributed by atoms with E-state index in [0.717, 1.165) is 0 Å². The fourth-order valence-electron chi connectivity index (χ4n) is 1.39. The Morgan fingerprint density at radius 3 is 2.71 bits per heavy atom. The molecule has 0 aliphatic carbocycles. The van der Waals surface area contributed by atoms with E-state index in [2.05, 4.69) is 4.72 Å². The number of hydrogen-bond donors (Lipinski definition) is 3. The summed E-state index contributed by atoms with van der Waals surface area (Å²) in [5.74, 6) is 0. The van der Waals surface area contributed by atoms with Crippen LogP contribution in [-0.4, -0.2) is 26.2 Å². The summed E-state index contributed by atoms with van der Waals surface area (Å²) < 4.78 is 26.3. The Kier molecular flexibility index (Phi) is 4.50. The molecule has 0 aliphatic heterocycles. The number of nitrogen functional groups attached to an aromatic ring is 1. The van der Waals surface area contributed by atoms with Crippen LogP contribution >= 0.6 is 0 Å². The Hall–Kier alpha value is -1.11. The van der Waals surface area contributed by atoms with E-state index in [0.29, 0.717) is 17.7 Å². The van der Waals surface area contributed by atoms with Crippen molar-refractivity contribution < 1.29 is 13.5 Å². The van der Waals surface area contributed by atoms with Crippen molar-refractivity contribution in [1.29, 1.82) is 0 Å². The van der Waals surface area contributed by atoms with E-state index < -0.39 is 16.1 Å². The number of sulfonamides is 1. The van der Waals surface area contributed by atoms with Crippen LogP contribution in [0.15, 0.2) is 23.1 Å². The first-order chi connectivity index (χ1) is 7.83. The second-order valence-electron chi connectivity index (χ2n) is 4.06. The Labute approximate surface area is 102 Å². The third kappa shape index (κ3) is 3.99. The molecule has 6 heteroatoms. The first-order valence-corrected chi connectivity index (χ1v) is 6.85. The van der Waals surface area contributed by atoms with E-state index in [9.17, 15) is 8.42 Å². The molecule has 1 atom stereocenters. The summed E-state index contributed by atoms with van der Waals surface area (Å²) in [4.78, 5) is 0.183. The number of hydrogen-bond acceptors (Lipinski definition) is 4. The number of aryl methyl sites for hydroxylation is 1. The van der Waals surface area contributed by atoms with Crippen LogP contribution in [0.25, 0.3) is 0 Å². The highest BCUT2D eigenvalue weighted by Crippen LogP contribution is 2.17. The first kappa shape index (κ1) is 14.0. The summed E-state index contributed by atoms with van der Waals surface area (Å²) in [5, 5.41) is 9.06. The minimum Gasteiger partial charge on any atom is -0.399 e. The summed E-state index contributed by atoms with van der Waals surface area (Å²) in [6.45, 7) is 3.52. The minimum atomic E-state index is -3.55. The van der Waals surface area contributed by atoms with E-state index in [1.165, 1.54) is 6.07 Å². The van der Waals surface area contributed by atoms with Crippen LogP contribution in [0.2, 0.25) is 0 Å². The fourth-order valence-corrected chi connectivity index (χ4v) is 2.71. The lowest BCUT2D eigenvalue weighted by Gasteiger charge is -2.10. The summed E-state index contributed by atoms with van der Waals surface area (Å²) in [6, 6.07) is 4.75. The van der Waals surface area contributed by atoms with E-state index in [1.807, 2.05) is 0 Å². The maximum absolute atomic E-state index is 11.9. The third-order valence-corrected chi connectivity index (χ3v) is 3.96. The molecule has 0 bridgehead atoms. The van der Waals surface area contributed by atoms with Crippen molar-refractivity contribution in [2.45, 2.75) is 31.3 Å². The van der Waals surface area contributed by atoms with Crippen molar-refractivity contribution in [2.24, 2.45) is 0 Å². The van der Waals surface area contributed by atoms with Crippen molar-refractivity contribution in [1.82, 2.24) is 4.72 Å². The van der Waals surface area contributed by atoms with Gasteiger partial charge in [0.1, 0.15) is 0 Å². The highest BCUT2D eigenvalue weighted by atomic mass is 32.2. The molecule has 0 saturated heterocycles. The topological polar surface area (TPSA) is 92.4 Å². The van der Waals surface area contributed by atoms with E-state index in [-0.39, 0.29) is 11.4 Å². The van der Waals surface area contributed by atoms with Gasteiger partial charge in [0.25, 0.3) is 0 Å². The van der Waals surface area contributed by atoms with Gasteiger partial charge >= 0.3 is 0 Å². The fraction of sp³-hybridized carbons (Fsp3) is 0.455. The second kappa shape index (κ2) is 5.48. The molecule has 4 N–H and O–H groups in total. The molecule has 1 rings (SSSR count). The number of aliphatic hydroxyl groups is 1. The van der Waals surface area contributed by atoms with Crippen LogP contribution in [0, 0.1) is 6.92 Å². The van der Waals surface area contributed by atoms with Gasteiger partial charge < -0.3 is 10.8 Å². The van der Waals surface area contributed by atoms with Gasteiger partial charge in [-0.25, -0.2) is 13.1 Å². The van der Waals surface area contributed by atoms with Crippen molar-refractivity contribution in [3.8, 4) is 0 Å². The predicted molar refractivity (Wildman–Crippen MR) is 67.1 cm³/mol. The van der Waals surface area contributed by atoms with Gasteiger partial charge in [0, 0.05) is 12.2 Å². The van der Waals surface area contributed by atoms with Crippen molar-refractivity contribution in [3.63, 3.8) is 0 Å². The van der Waals surface area contributed by atoms with Crippen molar-refractivity contribution in [3.05, 3.63) is 23.8 Å². The highest BCUT2D eigenvalue weighted by Gasteiger charge is 2.16. The molecular weight excluding hydrogens is 240 g/mol. The maximum atomic E-state index is 11.9. The molecule has 1 unspecified atom stereocenters. The Morgan fingerprint density at radius 1 is 1.47 bits per heavy atom. The summed E-state index contributed by atoms with van der Waals surface area (Å²) in [5.41, 5.74) is 6.62. The highest BCUT2D eigenvalue weighted by molar-refractivity contribution is 7.89. The smallest absolute Gasteiger partial charge is 0.240 e. The van der Waals surface area contributed by atoms with Gasteiger partial charge in [0.15, 0.2) is 0 Å². The zero-order valence-electron chi connectivity index (χ0n) is 9.97. The molecule has 0 aliphatic rings. The van der Waals surface area contributed by atoms with E-state index in [4.69, 9.17) is 10.8 Å². The molecule has 5 nitrogen and oxygen atoms in total. The van der Waals surface area contributed by atoms with Gasteiger partial charge in [-0.15, -0.1) is 0 Å². The summed E-state index contributed by atoms with van der Waals surface area (Å²) in [7, 11) is -3.55. The number of nitrogens with two attached hydrogens (primary N) is 1. The molecule has 0 aromatic heterocycles. The number of benzene rings is 1. The number of aliphatic hydroxyl groups excluding tert-OH is 1. The molecule has 0 radical (unpaired) electrons. The average Bonchev–Trinajstić information content (AvgIpc) is 2.20. The monoisotopic (exact) mass is 258 g/mol. The number of nitrogens with one attached hydrogen (secondary N) is 1. The first-order valence-electron chi connectivity index (χ1n) is 5.37. The van der Waals surface area contributed by atoms with Crippen LogP contribution in [0.3, 0.4) is 0 Å². The summed E-state index contributed by atoms with van der Waals surface area (Å²) in [6.07, 6.45) is -0.153. The normalized spacial score (nSPS) is 13.6. The third-order valence-electron chi connectivity index (χ3n) is 2.36. The quantitative estimate of drug-likeness (QED) is 0.675. The van der Waals surface area contributed by atoms with Crippen LogP contribution in [0.5, 0.6) is 0 Å². The van der Waals surface area contributed by atoms with Gasteiger partial charge in [-0.2, -0.15) is 0 Å². The van der Waals surface area contributed by atoms with Crippen molar-refractivity contribution >= 4 is 15.7 Å². The van der Waals surface area contributed by atoms with E-state index in [1.54, 1.807) is 26.0 Å². The molecule has 0 saturated carbocycles. The van der Waals surface area contributed by atoms with Gasteiger partial charge in [-0.05, 0) is 38.0 Å². The zero-order valence-corrected chi connectivity index (χ0v) is 10.8. The summed E-state index contributed by atoms with van der Waals surface area (Å²) >= 11 is 0. The molecule has 0 fully saturated rings. The number of anilines is 1. The minimum absolute atomic E-state index is 0.183. The lowest BCUT2D eigenvalue weighted by molar-refractivity contribution is 0.186. The van der Waals surface area contributed by atoms with Crippen LogP contribution in [0.1, 0.15) is 18.9 Å². The molecule has 0 heterocycles. The average molecular weight is 258 g/mol. The Balaban J connectivity index is 2.86. The lowest BCUT2D eigenvalue weighted by Crippen LogP contribution is -2.27. The zero-order chi connectivity index (χ0) is 13.1. The SMILES string of the molecule is Cc1ccc(N)cc1S(=O)(=O)NCCC(C)O. The number of rotatable bonds is 5. The van der Waals surface area contributed by atoms with Gasteiger partial charge in [-0.1, -0.05) is 6.07 Å². The second-order valence-corrected chi connectivity index (χ2v) is 5.80. The van der Waals surface area contributed by atoms with Crippen LogP contribution in [-0.2, 0) is 10.0 Å². The molecule has 0 amide bonds. The standard InChI is InChI=1S/C11H18N2O3S/c1-8-3-4-10(12)7-11(8)17(15,16)13-6-5-9(2)14/h3-4,7,9,13-14H,5-6,12H2,1-2H3. The molecule has 0 spiro atoms. The largest absolute Gasteiger partial charge is 0.399 e. The Morgan fingerprint density at radius 2 is 2.12 bits per heavy atom. The molecule has 1 aromatic carbocycles. The molecule has 1 aromatic rings. The van der Waals surface area contributed by atoms with E-state index >= 15 is 0 Å². The molecule has 17 heavy (non-hydrogen) atoms. The maximum Gasteiger partial charge on any atom is 0.240 e. The van der Waals surface area contributed by atoms with Gasteiger partial charge in [0.2, 0.25) is 10.0 Å². The van der Waals surface area contributed by atoms with Crippen molar-refractivity contribution in [2.75, 3.05) is 12.3 Å². The lowest BCUT2D eigenvalue weighted by atomic mass is 10.2. The van der Waals surface area contributed by atoms with Gasteiger partial charge in [-0.3, -0.25) is 0 Å². The van der Waals surface area contributed by atoms with Gasteiger partial charge in [0.05, 0.1) is 11.0 Å². The molecular formula is C11H18N2O3S. The molecule has 96 valence electrons.